The minimum Gasteiger partial charge on any atom is -0.253 e. The second-order valence-corrected chi connectivity index (χ2v) is 4.71. The predicted octanol–water partition coefficient (Wildman–Crippen LogP) is 2.18. The molecule has 0 N–H and O–H groups in total. The molecule has 3 heteroatoms. The van der Waals surface area contributed by atoms with Crippen LogP contribution in [0, 0.1) is 5.41 Å². The highest BCUT2D eigenvalue weighted by molar-refractivity contribution is 4.83. The minimum atomic E-state index is 0.429. The third-order valence-electron chi connectivity index (χ3n) is 2.13. The van der Waals surface area contributed by atoms with E-state index in [0.717, 1.165) is 12.2 Å². The summed E-state index contributed by atoms with van der Waals surface area (Å²) in [5.74, 6) is 1.09. The quantitative estimate of drug-likeness (QED) is 0.715. The molecule has 0 aromatic carbocycles. The molecule has 0 aliphatic rings. The van der Waals surface area contributed by atoms with Gasteiger partial charge >= 0.3 is 0 Å². The van der Waals surface area contributed by atoms with Crippen LogP contribution in [-0.2, 0) is 13.5 Å². The fourth-order valence-electron chi connectivity index (χ4n) is 1.32. The zero-order valence-electron chi connectivity index (χ0n) is 9.04. The van der Waals surface area contributed by atoms with Crippen molar-refractivity contribution in [3.8, 4) is 0 Å². The lowest BCUT2D eigenvalue weighted by Gasteiger charge is -2.17. The van der Waals surface area contributed by atoms with E-state index in [9.17, 15) is 0 Å². The molecule has 1 heterocycles. The Morgan fingerprint density at radius 1 is 1.38 bits per heavy atom. The Labute approximate surface area is 80.2 Å². The number of rotatable bonds is 3. The molecule has 0 atom stereocenters. The molecule has 1 aromatic rings. The standard InChI is InChI=1S/C10H19N3/c1-10(2,3)7-5-6-9-11-8-12-13(9)4/h8H,5-7H2,1-4H3. The van der Waals surface area contributed by atoms with Crippen molar-refractivity contribution in [3.63, 3.8) is 0 Å². The van der Waals surface area contributed by atoms with Gasteiger partial charge in [0.1, 0.15) is 12.2 Å². The SMILES string of the molecule is Cn1ncnc1CCCC(C)(C)C. The molecule has 0 radical (unpaired) electrons. The summed E-state index contributed by atoms with van der Waals surface area (Å²) in [6, 6.07) is 0. The Morgan fingerprint density at radius 3 is 2.54 bits per heavy atom. The van der Waals surface area contributed by atoms with Crippen molar-refractivity contribution in [1.82, 2.24) is 14.8 Å². The maximum Gasteiger partial charge on any atom is 0.138 e. The van der Waals surface area contributed by atoms with Crippen molar-refractivity contribution in [3.05, 3.63) is 12.2 Å². The summed E-state index contributed by atoms with van der Waals surface area (Å²) in [5, 5.41) is 4.04. The van der Waals surface area contributed by atoms with Crippen LogP contribution < -0.4 is 0 Å². The van der Waals surface area contributed by atoms with Gasteiger partial charge in [-0.25, -0.2) is 4.98 Å². The molecule has 1 rings (SSSR count). The van der Waals surface area contributed by atoms with E-state index < -0.39 is 0 Å². The summed E-state index contributed by atoms with van der Waals surface area (Å²) in [6.45, 7) is 6.80. The van der Waals surface area contributed by atoms with Gasteiger partial charge in [0, 0.05) is 13.5 Å². The van der Waals surface area contributed by atoms with E-state index in [-0.39, 0.29) is 0 Å². The van der Waals surface area contributed by atoms with Crippen molar-refractivity contribution >= 4 is 0 Å². The third-order valence-corrected chi connectivity index (χ3v) is 2.13. The molecule has 0 amide bonds. The maximum atomic E-state index is 4.19. The van der Waals surface area contributed by atoms with Crippen LogP contribution in [0.25, 0.3) is 0 Å². The summed E-state index contributed by atoms with van der Waals surface area (Å²) in [5.41, 5.74) is 0.429. The van der Waals surface area contributed by atoms with E-state index in [4.69, 9.17) is 0 Å². The summed E-state index contributed by atoms with van der Waals surface area (Å²) in [4.78, 5) is 4.19. The zero-order valence-corrected chi connectivity index (χ0v) is 9.04. The molecular weight excluding hydrogens is 162 g/mol. The molecule has 13 heavy (non-hydrogen) atoms. The van der Waals surface area contributed by atoms with Gasteiger partial charge in [-0.1, -0.05) is 20.8 Å². The fraction of sp³-hybridized carbons (Fsp3) is 0.800. The Balaban J connectivity index is 2.32. The van der Waals surface area contributed by atoms with E-state index in [1.165, 1.54) is 12.8 Å². The average Bonchev–Trinajstić information content (AvgIpc) is 2.34. The molecule has 3 nitrogen and oxygen atoms in total. The maximum absolute atomic E-state index is 4.19. The number of hydrogen-bond acceptors (Lipinski definition) is 2. The van der Waals surface area contributed by atoms with Gasteiger partial charge in [-0.15, -0.1) is 0 Å². The van der Waals surface area contributed by atoms with Crippen LogP contribution in [0.15, 0.2) is 6.33 Å². The highest BCUT2D eigenvalue weighted by atomic mass is 15.3. The molecule has 0 aliphatic heterocycles. The average molecular weight is 181 g/mol. The molecule has 0 unspecified atom stereocenters. The molecule has 0 saturated carbocycles. The number of hydrogen-bond donors (Lipinski definition) is 0. The first-order chi connectivity index (χ1) is 5.99. The first kappa shape index (κ1) is 10.2. The minimum absolute atomic E-state index is 0.429. The summed E-state index contributed by atoms with van der Waals surface area (Å²) in [7, 11) is 1.94. The van der Waals surface area contributed by atoms with Gasteiger partial charge in [0.05, 0.1) is 0 Å². The van der Waals surface area contributed by atoms with E-state index in [1.54, 1.807) is 6.33 Å². The van der Waals surface area contributed by atoms with Crippen molar-refractivity contribution in [2.45, 2.75) is 40.0 Å². The van der Waals surface area contributed by atoms with Crippen molar-refractivity contribution in [2.24, 2.45) is 12.5 Å². The Morgan fingerprint density at radius 2 is 2.08 bits per heavy atom. The lowest BCUT2D eigenvalue weighted by molar-refractivity contribution is 0.363. The number of nitrogens with zero attached hydrogens (tertiary/aromatic N) is 3. The lowest BCUT2D eigenvalue weighted by Crippen LogP contribution is -2.07. The molecular formula is C10H19N3. The van der Waals surface area contributed by atoms with Gasteiger partial charge in [0.15, 0.2) is 0 Å². The second kappa shape index (κ2) is 3.90. The van der Waals surface area contributed by atoms with Gasteiger partial charge in [0.25, 0.3) is 0 Å². The first-order valence-corrected chi connectivity index (χ1v) is 4.82. The van der Waals surface area contributed by atoms with E-state index in [1.807, 2.05) is 11.7 Å². The molecule has 0 aliphatic carbocycles. The number of aryl methyl sites for hydroxylation is 2. The zero-order chi connectivity index (χ0) is 9.90. The molecule has 0 fully saturated rings. The van der Waals surface area contributed by atoms with Crippen molar-refractivity contribution in [1.29, 1.82) is 0 Å². The third kappa shape index (κ3) is 3.57. The molecule has 0 saturated heterocycles. The monoisotopic (exact) mass is 181 g/mol. The van der Waals surface area contributed by atoms with Gasteiger partial charge in [-0.3, -0.25) is 4.68 Å². The van der Waals surface area contributed by atoms with Crippen molar-refractivity contribution < 1.29 is 0 Å². The summed E-state index contributed by atoms with van der Waals surface area (Å²) < 4.78 is 1.85. The van der Waals surface area contributed by atoms with Gasteiger partial charge in [0.2, 0.25) is 0 Å². The van der Waals surface area contributed by atoms with E-state index in [2.05, 4.69) is 30.9 Å². The van der Waals surface area contributed by atoms with Crippen LogP contribution in [0.2, 0.25) is 0 Å². The highest BCUT2D eigenvalue weighted by Crippen LogP contribution is 2.21. The largest absolute Gasteiger partial charge is 0.253 e. The Hall–Kier alpha value is -0.860. The smallest absolute Gasteiger partial charge is 0.138 e. The van der Waals surface area contributed by atoms with Crippen LogP contribution in [0.3, 0.4) is 0 Å². The van der Waals surface area contributed by atoms with Crippen LogP contribution in [-0.4, -0.2) is 14.8 Å². The van der Waals surface area contributed by atoms with Crippen LogP contribution in [0.5, 0.6) is 0 Å². The predicted molar refractivity (Wildman–Crippen MR) is 53.4 cm³/mol. The van der Waals surface area contributed by atoms with E-state index in [0.29, 0.717) is 5.41 Å². The molecule has 74 valence electrons. The molecule has 1 aromatic heterocycles. The second-order valence-electron chi connectivity index (χ2n) is 4.71. The van der Waals surface area contributed by atoms with Gasteiger partial charge < -0.3 is 0 Å². The molecule has 0 bridgehead atoms. The first-order valence-electron chi connectivity index (χ1n) is 4.82. The Kier molecular flexibility index (Phi) is 3.07. The topological polar surface area (TPSA) is 30.7 Å². The lowest BCUT2D eigenvalue weighted by atomic mass is 9.90. The van der Waals surface area contributed by atoms with Gasteiger partial charge in [-0.2, -0.15) is 5.10 Å². The Bertz CT molecular complexity index is 257. The van der Waals surface area contributed by atoms with Crippen LogP contribution in [0.4, 0.5) is 0 Å². The number of aromatic nitrogens is 3. The summed E-state index contributed by atoms with van der Waals surface area (Å²) in [6.07, 6.45) is 5.08. The highest BCUT2D eigenvalue weighted by Gasteiger charge is 2.10. The van der Waals surface area contributed by atoms with Gasteiger partial charge in [-0.05, 0) is 18.3 Å². The fourth-order valence-corrected chi connectivity index (χ4v) is 1.32. The van der Waals surface area contributed by atoms with Crippen LogP contribution >= 0.6 is 0 Å². The van der Waals surface area contributed by atoms with Crippen LogP contribution in [0.1, 0.15) is 39.4 Å². The van der Waals surface area contributed by atoms with E-state index >= 15 is 0 Å². The normalized spacial score (nSPS) is 12.0. The van der Waals surface area contributed by atoms with Crippen molar-refractivity contribution in [2.75, 3.05) is 0 Å². The molecule has 0 spiro atoms. The summed E-state index contributed by atoms with van der Waals surface area (Å²) >= 11 is 0.